The zero-order valence-electron chi connectivity index (χ0n) is 10.9. The van der Waals surface area contributed by atoms with Gasteiger partial charge >= 0.3 is 0 Å². The highest BCUT2D eigenvalue weighted by Gasteiger charge is 2.16. The highest BCUT2D eigenvalue weighted by Crippen LogP contribution is 2.31. The van der Waals surface area contributed by atoms with Gasteiger partial charge < -0.3 is 4.74 Å². The number of hydrogen-bond donors (Lipinski definition) is 2. The molecule has 1 atom stereocenters. The van der Waals surface area contributed by atoms with Gasteiger partial charge in [-0.05, 0) is 42.3 Å². The molecular formula is C14H16BrN3O. The minimum atomic E-state index is -0.141. The third-order valence-corrected chi connectivity index (χ3v) is 3.67. The number of nitrogens with one attached hydrogen (secondary N) is 1. The van der Waals surface area contributed by atoms with E-state index in [1.807, 2.05) is 43.5 Å². The molecule has 4 nitrogen and oxygen atoms in total. The van der Waals surface area contributed by atoms with Crippen molar-refractivity contribution in [1.82, 2.24) is 10.4 Å². The van der Waals surface area contributed by atoms with E-state index < -0.39 is 0 Å². The van der Waals surface area contributed by atoms with Crippen molar-refractivity contribution in [2.75, 3.05) is 7.11 Å². The van der Waals surface area contributed by atoms with E-state index in [9.17, 15) is 0 Å². The fourth-order valence-electron chi connectivity index (χ4n) is 1.89. The molecule has 0 aliphatic heterocycles. The normalized spacial score (nSPS) is 12.2. The van der Waals surface area contributed by atoms with Gasteiger partial charge in [0.2, 0.25) is 0 Å². The smallest absolute Gasteiger partial charge is 0.119 e. The molecule has 0 spiro atoms. The van der Waals surface area contributed by atoms with Gasteiger partial charge in [0, 0.05) is 16.4 Å². The summed E-state index contributed by atoms with van der Waals surface area (Å²) in [6.07, 6.45) is 1.83. The number of halogens is 1. The van der Waals surface area contributed by atoms with E-state index in [0.29, 0.717) is 0 Å². The molecule has 3 N–H and O–H groups in total. The van der Waals surface area contributed by atoms with Gasteiger partial charge in [0.15, 0.2) is 0 Å². The van der Waals surface area contributed by atoms with E-state index in [1.165, 1.54) is 0 Å². The summed E-state index contributed by atoms with van der Waals surface area (Å²) in [7, 11) is 1.64. The fourth-order valence-corrected chi connectivity index (χ4v) is 2.36. The number of pyridine rings is 1. The molecule has 0 bridgehead atoms. The molecule has 5 heteroatoms. The van der Waals surface area contributed by atoms with Gasteiger partial charge in [-0.2, -0.15) is 0 Å². The first-order chi connectivity index (χ1) is 9.15. The van der Waals surface area contributed by atoms with Gasteiger partial charge in [-0.3, -0.25) is 10.8 Å². The minimum Gasteiger partial charge on any atom is -0.497 e. The Morgan fingerprint density at radius 3 is 2.68 bits per heavy atom. The predicted molar refractivity (Wildman–Crippen MR) is 78.8 cm³/mol. The predicted octanol–water partition coefficient (Wildman–Crippen LogP) is 2.71. The van der Waals surface area contributed by atoms with Crippen LogP contribution in [0.15, 0.2) is 41.0 Å². The van der Waals surface area contributed by atoms with E-state index in [1.54, 1.807) is 7.11 Å². The van der Waals surface area contributed by atoms with Crippen LogP contribution in [0.25, 0.3) is 0 Å². The first-order valence-electron chi connectivity index (χ1n) is 5.88. The zero-order chi connectivity index (χ0) is 13.8. The Kier molecular flexibility index (Phi) is 4.52. The van der Waals surface area contributed by atoms with Gasteiger partial charge in [-0.15, -0.1) is 0 Å². The maximum atomic E-state index is 5.70. The van der Waals surface area contributed by atoms with Crippen molar-refractivity contribution >= 4 is 15.9 Å². The number of benzene rings is 1. The molecule has 0 aliphatic rings. The Morgan fingerprint density at radius 1 is 1.32 bits per heavy atom. The molecule has 1 aromatic carbocycles. The first-order valence-corrected chi connectivity index (χ1v) is 6.67. The number of ether oxygens (including phenoxy) is 1. The lowest BCUT2D eigenvalue weighted by molar-refractivity contribution is 0.413. The van der Waals surface area contributed by atoms with Crippen LogP contribution >= 0.6 is 15.9 Å². The van der Waals surface area contributed by atoms with Crippen LogP contribution in [-0.4, -0.2) is 12.1 Å². The molecule has 1 heterocycles. The summed E-state index contributed by atoms with van der Waals surface area (Å²) in [5.41, 5.74) is 5.81. The van der Waals surface area contributed by atoms with Crippen molar-refractivity contribution in [2.24, 2.45) is 5.84 Å². The van der Waals surface area contributed by atoms with Crippen molar-refractivity contribution < 1.29 is 4.74 Å². The quantitative estimate of drug-likeness (QED) is 0.671. The fraction of sp³-hybridized carbons (Fsp3) is 0.214. The van der Waals surface area contributed by atoms with E-state index in [0.717, 1.165) is 27.0 Å². The number of rotatable bonds is 4. The summed E-state index contributed by atoms with van der Waals surface area (Å²) in [4.78, 5) is 4.30. The van der Waals surface area contributed by atoms with Gasteiger partial charge in [-0.1, -0.05) is 22.0 Å². The number of aryl methyl sites for hydroxylation is 1. The molecule has 0 fully saturated rings. The first kappa shape index (κ1) is 14.0. The monoisotopic (exact) mass is 321 g/mol. The topological polar surface area (TPSA) is 60.2 Å². The lowest BCUT2D eigenvalue weighted by atomic mass is 10.0. The maximum Gasteiger partial charge on any atom is 0.119 e. The second-order valence-electron chi connectivity index (χ2n) is 4.22. The van der Waals surface area contributed by atoms with Crippen molar-refractivity contribution in [1.29, 1.82) is 0 Å². The van der Waals surface area contributed by atoms with E-state index in [-0.39, 0.29) is 6.04 Å². The number of nitrogens with zero attached hydrogens (tertiary/aromatic N) is 1. The molecule has 100 valence electrons. The average molecular weight is 322 g/mol. The van der Waals surface area contributed by atoms with Crippen LogP contribution in [0.2, 0.25) is 0 Å². The van der Waals surface area contributed by atoms with Crippen LogP contribution in [0, 0.1) is 6.92 Å². The number of hydrazine groups is 1. The zero-order valence-corrected chi connectivity index (χ0v) is 12.4. The van der Waals surface area contributed by atoms with E-state index >= 15 is 0 Å². The molecule has 0 saturated carbocycles. The van der Waals surface area contributed by atoms with E-state index in [4.69, 9.17) is 10.6 Å². The summed E-state index contributed by atoms with van der Waals surface area (Å²) >= 11 is 3.54. The Bertz CT molecular complexity index is 557. The molecule has 0 saturated heterocycles. The summed E-state index contributed by atoms with van der Waals surface area (Å²) in [5, 5.41) is 0. The van der Waals surface area contributed by atoms with Gasteiger partial charge in [-0.25, -0.2) is 5.43 Å². The van der Waals surface area contributed by atoms with Crippen LogP contribution in [-0.2, 0) is 0 Å². The van der Waals surface area contributed by atoms with E-state index in [2.05, 4.69) is 26.3 Å². The number of aromatic nitrogens is 1. The molecule has 2 aromatic rings. The molecule has 1 aromatic heterocycles. The summed E-state index contributed by atoms with van der Waals surface area (Å²) < 4.78 is 6.22. The van der Waals surface area contributed by atoms with Gasteiger partial charge in [0.1, 0.15) is 5.75 Å². The standard InChI is InChI=1S/C14H16BrN3O/c1-9-3-4-10(8-17-9)14(18-16)12-7-11(19-2)5-6-13(12)15/h3-8,14,18H,16H2,1-2H3. The van der Waals surface area contributed by atoms with Crippen molar-refractivity contribution in [2.45, 2.75) is 13.0 Å². The third-order valence-electron chi connectivity index (χ3n) is 2.95. The Morgan fingerprint density at radius 2 is 2.11 bits per heavy atom. The Hall–Kier alpha value is -1.43. The lowest BCUT2D eigenvalue weighted by Gasteiger charge is -2.19. The van der Waals surface area contributed by atoms with Crippen molar-refractivity contribution in [3.8, 4) is 5.75 Å². The van der Waals surface area contributed by atoms with Gasteiger partial charge in [0.05, 0.1) is 13.2 Å². The van der Waals surface area contributed by atoms with Crippen molar-refractivity contribution in [3.05, 3.63) is 57.8 Å². The number of nitrogens with two attached hydrogens (primary N) is 1. The number of methoxy groups -OCH3 is 1. The minimum absolute atomic E-state index is 0.141. The molecule has 1 unspecified atom stereocenters. The highest BCUT2D eigenvalue weighted by molar-refractivity contribution is 9.10. The SMILES string of the molecule is COc1ccc(Br)c(C(NN)c2ccc(C)nc2)c1. The molecular weight excluding hydrogens is 306 g/mol. The largest absolute Gasteiger partial charge is 0.497 e. The average Bonchev–Trinajstić information content (AvgIpc) is 2.43. The maximum absolute atomic E-state index is 5.70. The number of hydrogen-bond acceptors (Lipinski definition) is 4. The molecule has 0 aliphatic carbocycles. The molecule has 0 radical (unpaired) electrons. The van der Waals surface area contributed by atoms with Crippen LogP contribution in [0.5, 0.6) is 5.75 Å². The second kappa shape index (κ2) is 6.14. The Labute approximate surface area is 121 Å². The summed E-state index contributed by atoms with van der Waals surface area (Å²) in [6, 6.07) is 9.63. The van der Waals surface area contributed by atoms with Crippen LogP contribution < -0.4 is 16.0 Å². The molecule has 19 heavy (non-hydrogen) atoms. The molecule has 2 rings (SSSR count). The molecule has 0 amide bonds. The van der Waals surface area contributed by atoms with Crippen molar-refractivity contribution in [3.63, 3.8) is 0 Å². The lowest BCUT2D eigenvalue weighted by Crippen LogP contribution is -2.29. The highest BCUT2D eigenvalue weighted by atomic mass is 79.9. The summed E-state index contributed by atoms with van der Waals surface area (Å²) in [5.74, 6) is 6.49. The van der Waals surface area contributed by atoms with Crippen LogP contribution in [0.3, 0.4) is 0 Å². The van der Waals surface area contributed by atoms with Gasteiger partial charge in [0.25, 0.3) is 0 Å². The van der Waals surface area contributed by atoms with Crippen LogP contribution in [0.4, 0.5) is 0 Å². The Balaban J connectivity index is 2.44. The third kappa shape index (κ3) is 3.12. The van der Waals surface area contributed by atoms with Crippen LogP contribution in [0.1, 0.15) is 22.9 Å². The summed E-state index contributed by atoms with van der Waals surface area (Å²) in [6.45, 7) is 1.95. The second-order valence-corrected chi connectivity index (χ2v) is 5.07.